The van der Waals surface area contributed by atoms with E-state index < -0.39 is 0 Å². The minimum Gasteiger partial charge on any atom is -0.397 e. The van der Waals surface area contributed by atoms with E-state index in [-0.39, 0.29) is 6.03 Å². The van der Waals surface area contributed by atoms with E-state index in [9.17, 15) is 4.79 Å². The molecule has 0 aliphatic heterocycles. The molecule has 2 aromatic rings. The number of benzene rings is 2. The fraction of sp³-hybridized carbons (Fsp3) is 0.0625. The van der Waals surface area contributed by atoms with Crippen LogP contribution in [0.3, 0.4) is 0 Å². The summed E-state index contributed by atoms with van der Waals surface area (Å²) in [5, 5.41) is 5.34. The standard InChI is InChI=1S/C16H16BrN3O/c1-11-2-7-15(14(18)10-11)20-16(21)19-9-8-12-3-5-13(17)6-4-12/h2-10H,18H2,1H3,(H2,19,20,21)/b9-8+. The van der Waals surface area contributed by atoms with Gasteiger partial charge in [-0.15, -0.1) is 0 Å². The number of amides is 2. The maximum atomic E-state index is 11.8. The zero-order chi connectivity index (χ0) is 15.2. The lowest BCUT2D eigenvalue weighted by Gasteiger charge is -2.08. The monoisotopic (exact) mass is 345 g/mol. The van der Waals surface area contributed by atoms with Gasteiger partial charge in [0.1, 0.15) is 0 Å². The molecule has 2 aromatic carbocycles. The molecule has 5 heteroatoms. The lowest BCUT2D eigenvalue weighted by atomic mass is 10.2. The maximum absolute atomic E-state index is 11.8. The molecule has 0 heterocycles. The van der Waals surface area contributed by atoms with Crippen molar-refractivity contribution < 1.29 is 4.79 Å². The van der Waals surface area contributed by atoms with Gasteiger partial charge in [0.15, 0.2) is 0 Å². The van der Waals surface area contributed by atoms with Crippen molar-refractivity contribution in [2.24, 2.45) is 0 Å². The third kappa shape index (κ3) is 4.65. The molecule has 0 aromatic heterocycles. The molecule has 0 bridgehead atoms. The largest absolute Gasteiger partial charge is 0.397 e. The van der Waals surface area contributed by atoms with Gasteiger partial charge in [0, 0.05) is 10.7 Å². The lowest BCUT2D eigenvalue weighted by molar-refractivity contribution is 0.255. The van der Waals surface area contributed by atoms with Crippen molar-refractivity contribution in [2.75, 3.05) is 11.1 Å². The van der Waals surface area contributed by atoms with Crippen molar-refractivity contribution in [3.8, 4) is 0 Å². The highest BCUT2D eigenvalue weighted by Crippen LogP contribution is 2.19. The number of carbonyl (C=O) groups excluding carboxylic acids is 1. The number of urea groups is 1. The average molecular weight is 346 g/mol. The van der Waals surface area contributed by atoms with Crippen LogP contribution in [-0.4, -0.2) is 6.03 Å². The molecule has 108 valence electrons. The fourth-order valence-corrected chi connectivity index (χ4v) is 2.01. The van der Waals surface area contributed by atoms with Crippen LogP contribution in [0.5, 0.6) is 0 Å². The molecule has 0 atom stereocenters. The summed E-state index contributed by atoms with van der Waals surface area (Å²) in [6, 6.07) is 12.9. The van der Waals surface area contributed by atoms with Crippen LogP contribution in [0.15, 0.2) is 53.1 Å². The van der Waals surface area contributed by atoms with Gasteiger partial charge in [-0.2, -0.15) is 0 Å². The summed E-state index contributed by atoms with van der Waals surface area (Å²) in [5.74, 6) is 0. The molecule has 2 rings (SSSR count). The Labute approximate surface area is 132 Å². The Hall–Kier alpha value is -2.27. The molecule has 0 unspecified atom stereocenters. The number of nitrogens with one attached hydrogen (secondary N) is 2. The molecule has 2 amide bonds. The van der Waals surface area contributed by atoms with Gasteiger partial charge in [-0.25, -0.2) is 4.79 Å². The Morgan fingerprint density at radius 3 is 2.57 bits per heavy atom. The minimum absolute atomic E-state index is 0.334. The molecular weight excluding hydrogens is 330 g/mol. The van der Waals surface area contributed by atoms with Crippen LogP contribution in [0.25, 0.3) is 6.08 Å². The molecule has 4 N–H and O–H groups in total. The van der Waals surface area contributed by atoms with Gasteiger partial charge in [-0.3, -0.25) is 0 Å². The molecule has 0 saturated carbocycles. The molecule has 0 aliphatic carbocycles. The quantitative estimate of drug-likeness (QED) is 0.732. The van der Waals surface area contributed by atoms with Gasteiger partial charge in [-0.1, -0.05) is 34.1 Å². The van der Waals surface area contributed by atoms with E-state index in [1.54, 1.807) is 12.3 Å². The number of anilines is 2. The molecule has 0 aliphatic rings. The number of hydrogen-bond donors (Lipinski definition) is 3. The van der Waals surface area contributed by atoms with E-state index in [1.807, 2.05) is 49.4 Å². The second-order valence-electron chi connectivity index (χ2n) is 4.57. The zero-order valence-corrected chi connectivity index (χ0v) is 13.1. The summed E-state index contributed by atoms with van der Waals surface area (Å²) in [5.41, 5.74) is 9.02. The van der Waals surface area contributed by atoms with Gasteiger partial charge >= 0.3 is 6.03 Å². The Bertz CT molecular complexity index is 666. The highest BCUT2D eigenvalue weighted by molar-refractivity contribution is 9.10. The van der Waals surface area contributed by atoms with Gasteiger partial charge < -0.3 is 16.4 Å². The highest BCUT2D eigenvalue weighted by atomic mass is 79.9. The van der Waals surface area contributed by atoms with Crippen LogP contribution in [0.1, 0.15) is 11.1 Å². The van der Waals surface area contributed by atoms with E-state index in [2.05, 4.69) is 26.6 Å². The molecule has 0 radical (unpaired) electrons. The summed E-state index contributed by atoms with van der Waals surface area (Å²) in [6.45, 7) is 1.95. The van der Waals surface area contributed by atoms with Gasteiger partial charge in [0.2, 0.25) is 0 Å². The number of hydrogen-bond acceptors (Lipinski definition) is 2. The lowest BCUT2D eigenvalue weighted by Crippen LogP contribution is -2.24. The third-order valence-corrected chi connectivity index (χ3v) is 3.34. The SMILES string of the molecule is Cc1ccc(NC(=O)N/C=C/c2ccc(Br)cc2)c(N)c1. The summed E-state index contributed by atoms with van der Waals surface area (Å²) < 4.78 is 1.01. The van der Waals surface area contributed by atoms with E-state index >= 15 is 0 Å². The van der Waals surface area contributed by atoms with Crippen LogP contribution >= 0.6 is 15.9 Å². The predicted molar refractivity (Wildman–Crippen MR) is 90.9 cm³/mol. The van der Waals surface area contributed by atoms with E-state index in [1.165, 1.54) is 0 Å². The first-order chi connectivity index (χ1) is 10.0. The number of rotatable bonds is 3. The average Bonchev–Trinajstić information content (AvgIpc) is 2.44. The molecule has 0 spiro atoms. The topological polar surface area (TPSA) is 67.2 Å². The van der Waals surface area contributed by atoms with E-state index in [0.717, 1.165) is 15.6 Å². The summed E-state index contributed by atoms with van der Waals surface area (Å²) in [7, 11) is 0. The second-order valence-corrected chi connectivity index (χ2v) is 5.49. The maximum Gasteiger partial charge on any atom is 0.323 e. The van der Waals surface area contributed by atoms with Crippen molar-refractivity contribution in [3.05, 3.63) is 64.3 Å². The van der Waals surface area contributed by atoms with Crippen molar-refractivity contribution in [3.63, 3.8) is 0 Å². The van der Waals surface area contributed by atoms with Crippen molar-refractivity contribution >= 4 is 39.4 Å². The van der Waals surface area contributed by atoms with E-state index in [0.29, 0.717) is 11.4 Å². The van der Waals surface area contributed by atoms with Crippen molar-refractivity contribution in [1.29, 1.82) is 0 Å². The number of nitrogen functional groups attached to an aromatic ring is 1. The van der Waals surface area contributed by atoms with Crippen molar-refractivity contribution in [2.45, 2.75) is 6.92 Å². The Kier molecular flexibility index (Phi) is 5.00. The van der Waals surface area contributed by atoms with Crippen LogP contribution in [0.2, 0.25) is 0 Å². The highest BCUT2D eigenvalue weighted by Gasteiger charge is 2.03. The third-order valence-electron chi connectivity index (χ3n) is 2.82. The predicted octanol–water partition coefficient (Wildman–Crippen LogP) is 4.13. The molecule has 0 saturated heterocycles. The van der Waals surface area contributed by atoms with Gasteiger partial charge in [0.05, 0.1) is 11.4 Å². The molecule has 21 heavy (non-hydrogen) atoms. The number of halogens is 1. The van der Waals surface area contributed by atoms with Crippen molar-refractivity contribution in [1.82, 2.24) is 5.32 Å². The first-order valence-corrected chi connectivity index (χ1v) is 7.19. The molecule has 4 nitrogen and oxygen atoms in total. The number of nitrogens with two attached hydrogens (primary N) is 1. The summed E-state index contributed by atoms with van der Waals surface area (Å²) in [4.78, 5) is 11.8. The Balaban J connectivity index is 1.91. The first-order valence-electron chi connectivity index (χ1n) is 6.40. The number of carbonyl (C=O) groups is 1. The first kappa shape index (κ1) is 15.1. The minimum atomic E-state index is -0.334. The van der Waals surface area contributed by atoms with Crippen LogP contribution in [0.4, 0.5) is 16.2 Å². The summed E-state index contributed by atoms with van der Waals surface area (Å²) in [6.07, 6.45) is 3.40. The Morgan fingerprint density at radius 1 is 1.19 bits per heavy atom. The van der Waals surface area contributed by atoms with Crippen LogP contribution < -0.4 is 16.4 Å². The zero-order valence-electron chi connectivity index (χ0n) is 11.6. The molecule has 0 fully saturated rings. The fourth-order valence-electron chi connectivity index (χ4n) is 1.74. The second kappa shape index (κ2) is 6.95. The normalized spacial score (nSPS) is 10.6. The van der Waals surface area contributed by atoms with Gasteiger partial charge in [0.25, 0.3) is 0 Å². The van der Waals surface area contributed by atoms with E-state index in [4.69, 9.17) is 5.73 Å². The molecular formula is C16H16BrN3O. The summed E-state index contributed by atoms with van der Waals surface area (Å²) >= 11 is 3.37. The number of aryl methyl sites for hydroxylation is 1. The van der Waals surface area contributed by atoms with Crippen LogP contribution in [-0.2, 0) is 0 Å². The Morgan fingerprint density at radius 2 is 1.90 bits per heavy atom. The van der Waals surface area contributed by atoms with Gasteiger partial charge in [-0.05, 0) is 48.4 Å². The smallest absolute Gasteiger partial charge is 0.323 e. The van der Waals surface area contributed by atoms with Crippen LogP contribution in [0, 0.1) is 6.92 Å².